The van der Waals surface area contributed by atoms with Crippen LogP contribution in [-0.4, -0.2) is 23.0 Å². The van der Waals surface area contributed by atoms with E-state index in [1.807, 2.05) is 12.1 Å². The van der Waals surface area contributed by atoms with Gasteiger partial charge in [0, 0.05) is 13.1 Å². The summed E-state index contributed by atoms with van der Waals surface area (Å²) < 4.78 is 0. The minimum atomic E-state index is 0.740. The molecule has 0 amide bonds. The molecule has 88 valence electrons. The molecule has 2 atom stereocenters. The average Bonchev–Trinajstić information content (AvgIpc) is 2.27. The Morgan fingerprint density at radius 1 is 1.38 bits per heavy atom. The summed E-state index contributed by atoms with van der Waals surface area (Å²) in [6.45, 7) is 8.03. The highest BCUT2D eigenvalue weighted by Gasteiger charge is 2.22. The maximum absolute atomic E-state index is 5.62. The lowest BCUT2D eigenvalue weighted by Gasteiger charge is -2.35. The largest absolute Gasteiger partial charge is 0.397 e. The van der Waals surface area contributed by atoms with Crippen LogP contribution >= 0.6 is 0 Å². The number of hydrogen-bond acceptors (Lipinski definition) is 3. The SMILES string of the molecule is CC1CCN(Cc2ccc(N)cn2)CC1C. The molecule has 0 bridgehead atoms. The highest BCUT2D eigenvalue weighted by Crippen LogP contribution is 2.23. The van der Waals surface area contributed by atoms with Gasteiger partial charge in [-0.1, -0.05) is 13.8 Å². The van der Waals surface area contributed by atoms with E-state index in [9.17, 15) is 0 Å². The van der Waals surface area contributed by atoms with Crippen LogP contribution in [0.15, 0.2) is 18.3 Å². The Morgan fingerprint density at radius 3 is 2.81 bits per heavy atom. The van der Waals surface area contributed by atoms with Crippen molar-refractivity contribution in [3.05, 3.63) is 24.0 Å². The van der Waals surface area contributed by atoms with Crippen LogP contribution in [0, 0.1) is 11.8 Å². The van der Waals surface area contributed by atoms with Crippen molar-refractivity contribution in [1.82, 2.24) is 9.88 Å². The first-order chi connectivity index (χ1) is 7.65. The van der Waals surface area contributed by atoms with Gasteiger partial charge >= 0.3 is 0 Å². The third-order valence-corrected chi connectivity index (χ3v) is 3.65. The lowest BCUT2D eigenvalue weighted by molar-refractivity contribution is 0.131. The number of anilines is 1. The molecule has 0 aliphatic carbocycles. The number of likely N-dealkylation sites (tertiary alicyclic amines) is 1. The van der Waals surface area contributed by atoms with Crippen LogP contribution in [0.1, 0.15) is 26.0 Å². The summed E-state index contributed by atoms with van der Waals surface area (Å²) in [5.74, 6) is 1.65. The maximum atomic E-state index is 5.62. The first-order valence-corrected chi connectivity index (χ1v) is 6.08. The third kappa shape index (κ3) is 2.73. The monoisotopic (exact) mass is 219 g/mol. The number of hydrogen-bond donors (Lipinski definition) is 1. The predicted octanol–water partition coefficient (Wildman–Crippen LogP) is 2.14. The van der Waals surface area contributed by atoms with Gasteiger partial charge in [-0.3, -0.25) is 9.88 Å². The number of nitrogens with two attached hydrogens (primary N) is 1. The molecule has 0 spiro atoms. The van der Waals surface area contributed by atoms with Crippen molar-refractivity contribution in [3.8, 4) is 0 Å². The molecular weight excluding hydrogens is 198 g/mol. The fourth-order valence-electron chi connectivity index (χ4n) is 2.25. The highest BCUT2D eigenvalue weighted by molar-refractivity contribution is 5.34. The van der Waals surface area contributed by atoms with Gasteiger partial charge in [0.2, 0.25) is 0 Å². The van der Waals surface area contributed by atoms with Gasteiger partial charge in [-0.25, -0.2) is 0 Å². The number of pyridine rings is 1. The Kier molecular flexibility index (Phi) is 3.44. The van der Waals surface area contributed by atoms with Crippen molar-refractivity contribution in [3.63, 3.8) is 0 Å². The van der Waals surface area contributed by atoms with Gasteiger partial charge in [-0.05, 0) is 36.9 Å². The lowest BCUT2D eigenvalue weighted by Crippen LogP contribution is -2.38. The van der Waals surface area contributed by atoms with E-state index in [0.717, 1.165) is 29.8 Å². The van der Waals surface area contributed by atoms with Crippen LogP contribution in [0.3, 0.4) is 0 Å². The lowest BCUT2D eigenvalue weighted by atomic mass is 9.89. The Hall–Kier alpha value is -1.09. The molecule has 1 aromatic heterocycles. The van der Waals surface area contributed by atoms with Crippen molar-refractivity contribution in [1.29, 1.82) is 0 Å². The van der Waals surface area contributed by atoms with Crippen LogP contribution in [-0.2, 0) is 6.54 Å². The Morgan fingerprint density at radius 2 is 2.19 bits per heavy atom. The van der Waals surface area contributed by atoms with Crippen LogP contribution in [0.25, 0.3) is 0 Å². The molecule has 0 aromatic carbocycles. The van der Waals surface area contributed by atoms with E-state index in [1.54, 1.807) is 6.20 Å². The topological polar surface area (TPSA) is 42.1 Å². The molecule has 0 radical (unpaired) electrons. The van der Waals surface area contributed by atoms with E-state index in [1.165, 1.54) is 19.5 Å². The number of nitrogens with zero attached hydrogens (tertiary/aromatic N) is 2. The predicted molar refractivity (Wildman–Crippen MR) is 66.9 cm³/mol. The van der Waals surface area contributed by atoms with Crippen LogP contribution in [0.5, 0.6) is 0 Å². The Balaban J connectivity index is 1.93. The second-order valence-corrected chi connectivity index (χ2v) is 5.06. The number of piperidine rings is 1. The molecule has 1 aromatic rings. The molecule has 1 fully saturated rings. The van der Waals surface area contributed by atoms with Gasteiger partial charge in [-0.15, -0.1) is 0 Å². The first-order valence-electron chi connectivity index (χ1n) is 6.08. The highest BCUT2D eigenvalue weighted by atomic mass is 15.1. The van der Waals surface area contributed by atoms with Gasteiger partial charge in [0.25, 0.3) is 0 Å². The van der Waals surface area contributed by atoms with E-state index >= 15 is 0 Å². The zero-order valence-corrected chi connectivity index (χ0v) is 10.2. The summed E-state index contributed by atoms with van der Waals surface area (Å²) in [5, 5.41) is 0. The van der Waals surface area contributed by atoms with Crippen LogP contribution in [0.4, 0.5) is 5.69 Å². The first kappa shape index (κ1) is 11.4. The van der Waals surface area contributed by atoms with Crippen molar-refractivity contribution in [2.24, 2.45) is 11.8 Å². The molecule has 1 aliphatic rings. The van der Waals surface area contributed by atoms with Crippen LogP contribution in [0.2, 0.25) is 0 Å². The van der Waals surface area contributed by atoms with Gasteiger partial charge in [0.15, 0.2) is 0 Å². The molecular formula is C13H21N3. The Labute approximate surface area is 97.7 Å². The van der Waals surface area contributed by atoms with E-state index in [4.69, 9.17) is 5.73 Å². The minimum absolute atomic E-state index is 0.740. The smallest absolute Gasteiger partial charge is 0.0545 e. The maximum Gasteiger partial charge on any atom is 0.0545 e. The molecule has 2 unspecified atom stereocenters. The molecule has 1 saturated heterocycles. The summed E-state index contributed by atoms with van der Waals surface area (Å²) >= 11 is 0. The molecule has 0 saturated carbocycles. The summed E-state index contributed by atoms with van der Waals surface area (Å²) in [7, 11) is 0. The number of rotatable bonds is 2. The summed E-state index contributed by atoms with van der Waals surface area (Å²) in [6, 6.07) is 3.95. The van der Waals surface area contributed by atoms with Crippen molar-refractivity contribution in [2.75, 3.05) is 18.8 Å². The van der Waals surface area contributed by atoms with E-state index < -0.39 is 0 Å². The normalized spacial score (nSPS) is 26.9. The zero-order valence-electron chi connectivity index (χ0n) is 10.2. The van der Waals surface area contributed by atoms with E-state index in [2.05, 4.69) is 23.7 Å². The summed E-state index contributed by atoms with van der Waals surface area (Å²) in [6.07, 6.45) is 3.04. The minimum Gasteiger partial charge on any atom is -0.397 e. The molecule has 3 heteroatoms. The second-order valence-electron chi connectivity index (χ2n) is 5.06. The van der Waals surface area contributed by atoms with Gasteiger partial charge in [-0.2, -0.15) is 0 Å². The second kappa shape index (κ2) is 4.83. The standard InChI is InChI=1S/C13H21N3/c1-10-5-6-16(8-11(10)2)9-13-4-3-12(14)7-15-13/h3-4,7,10-11H,5-6,8-9,14H2,1-2H3. The van der Waals surface area contributed by atoms with E-state index in [-0.39, 0.29) is 0 Å². The van der Waals surface area contributed by atoms with E-state index in [0.29, 0.717) is 0 Å². The quantitative estimate of drug-likeness (QED) is 0.828. The van der Waals surface area contributed by atoms with Crippen molar-refractivity contribution < 1.29 is 0 Å². The van der Waals surface area contributed by atoms with Gasteiger partial charge in [0.05, 0.1) is 17.6 Å². The molecule has 2 heterocycles. The fraction of sp³-hybridized carbons (Fsp3) is 0.615. The van der Waals surface area contributed by atoms with Crippen molar-refractivity contribution >= 4 is 5.69 Å². The van der Waals surface area contributed by atoms with Gasteiger partial charge in [0.1, 0.15) is 0 Å². The van der Waals surface area contributed by atoms with Crippen molar-refractivity contribution in [2.45, 2.75) is 26.8 Å². The zero-order chi connectivity index (χ0) is 11.5. The summed E-state index contributed by atoms with van der Waals surface area (Å²) in [5.41, 5.74) is 7.49. The molecule has 2 rings (SSSR count). The fourth-order valence-corrected chi connectivity index (χ4v) is 2.25. The van der Waals surface area contributed by atoms with Crippen LogP contribution < -0.4 is 5.73 Å². The number of nitrogen functional groups attached to an aromatic ring is 1. The number of aromatic nitrogens is 1. The average molecular weight is 219 g/mol. The molecule has 1 aliphatic heterocycles. The van der Waals surface area contributed by atoms with Gasteiger partial charge < -0.3 is 5.73 Å². The Bertz CT molecular complexity index is 334. The molecule has 2 N–H and O–H groups in total. The molecule has 3 nitrogen and oxygen atoms in total. The molecule has 16 heavy (non-hydrogen) atoms. The summed E-state index contributed by atoms with van der Waals surface area (Å²) in [4.78, 5) is 6.84. The third-order valence-electron chi connectivity index (χ3n) is 3.65.